The number of nitrogen functional groups attached to an aromatic ring is 1. The van der Waals surface area contributed by atoms with Gasteiger partial charge in [0.15, 0.2) is 5.78 Å². The molecule has 1 aliphatic heterocycles. The number of rotatable bonds is 3. The van der Waals surface area contributed by atoms with Crippen molar-refractivity contribution in [2.45, 2.75) is 19.8 Å². The van der Waals surface area contributed by atoms with Gasteiger partial charge in [-0.3, -0.25) is 9.69 Å². The molecule has 1 aliphatic rings. The monoisotopic (exact) mass is 232 g/mol. The van der Waals surface area contributed by atoms with Crippen LogP contribution in [-0.2, 0) is 0 Å². The average molecular weight is 232 g/mol. The fourth-order valence-electron chi connectivity index (χ4n) is 2.39. The van der Waals surface area contributed by atoms with E-state index in [1.807, 2.05) is 12.1 Å². The highest BCUT2D eigenvalue weighted by Gasteiger charge is 2.18. The number of hydrogen-bond donors (Lipinski definition) is 1. The molecule has 2 rings (SSSR count). The van der Waals surface area contributed by atoms with E-state index < -0.39 is 0 Å². The standard InChI is InChI=1S/C14H20N2O/c1-11-3-2-8-16(9-11)10-14(17)12-4-6-13(15)7-5-12/h4-7,11H,2-3,8-10,15H2,1H3. The van der Waals surface area contributed by atoms with Crippen molar-refractivity contribution >= 4 is 11.5 Å². The van der Waals surface area contributed by atoms with Gasteiger partial charge in [0.05, 0.1) is 6.54 Å². The van der Waals surface area contributed by atoms with Gasteiger partial charge in [-0.2, -0.15) is 0 Å². The van der Waals surface area contributed by atoms with E-state index in [4.69, 9.17) is 5.73 Å². The Morgan fingerprint density at radius 1 is 1.41 bits per heavy atom. The number of nitrogens with zero attached hydrogens (tertiary/aromatic N) is 1. The summed E-state index contributed by atoms with van der Waals surface area (Å²) in [4.78, 5) is 14.3. The molecule has 0 aromatic heterocycles. The number of hydrogen-bond acceptors (Lipinski definition) is 3. The molecule has 0 spiro atoms. The zero-order valence-corrected chi connectivity index (χ0v) is 10.4. The van der Waals surface area contributed by atoms with E-state index in [-0.39, 0.29) is 5.78 Å². The lowest BCUT2D eigenvalue weighted by Crippen LogP contribution is -2.37. The number of carbonyl (C=O) groups is 1. The second kappa shape index (κ2) is 5.32. The van der Waals surface area contributed by atoms with Crippen molar-refractivity contribution < 1.29 is 4.79 Å². The molecule has 0 radical (unpaired) electrons. The van der Waals surface area contributed by atoms with Crippen molar-refractivity contribution in [2.75, 3.05) is 25.4 Å². The third-order valence-corrected chi connectivity index (χ3v) is 3.34. The third kappa shape index (κ3) is 3.30. The maximum atomic E-state index is 12.0. The van der Waals surface area contributed by atoms with Crippen LogP contribution in [0, 0.1) is 5.92 Å². The van der Waals surface area contributed by atoms with E-state index in [0.29, 0.717) is 18.2 Å². The summed E-state index contributed by atoms with van der Waals surface area (Å²) in [5.74, 6) is 0.905. The van der Waals surface area contributed by atoms with Crippen LogP contribution in [0.2, 0.25) is 0 Å². The van der Waals surface area contributed by atoms with Crippen molar-refractivity contribution in [3.8, 4) is 0 Å². The Morgan fingerprint density at radius 2 is 2.12 bits per heavy atom. The predicted octanol–water partition coefficient (Wildman–Crippen LogP) is 2.18. The molecule has 1 atom stereocenters. The Hall–Kier alpha value is -1.35. The van der Waals surface area contributed by atoms with Gasteiger partial charge in [-0.15, -0.1) is 0 Å². The predicted molar refractivity (Wildman–Crippen MR) is 70.0 cm³/mol. The summed E-state index contributed by atoms with van der Waals surface area (Å²) in [6.07, 6.45) is 2.49. The Bertz CT molecular complexity index is 386. The lowest BCUT2D eigenvalue weighted by Gasteiger charge is -2.30. The smallest absolute Gasteiger partial charge is 0.176 e. The van der Waals surface area contributed by atoms with Crippen LogP contribution in [0.15, 0.2) is 24.3 Å². The zero-order valence-electron chi connectivity index (χ0n) is 10.4. The molecule has 1 saturated heterocycles. The molecule has 2 N–H and O–H groups in total. The van der Waals surface area contributed by atoms with E-state index in [9.17, 15) is 4.79 Å². The molecule has 0 saturated carbocycles. The molecule has 92 valence electrons. The minimum atomic E-state index is 0.194. The summed E-state index contributed by atoms with van der Waals surface area (Å²) in [5.41, 5.74) is 7.07. The van der Waals surface area contributed by atoms with E-state index in [1.54, 1.807) is 12.1 Å². The summed E-state index contributed by atoms with van der Waals surface area (Å²) < 4.78 is 0. The van der Waals surface area contributed by atoms with Crippen molar-refractivity contribution in [3.63, 3.8) is 0 Å². The lowest BCUT2D eigenvalue weighted by molar-refractivity contribution is 0.0893. The first-order valence-corrected chi connectivity index (χ1v) is 6.26. The number of Topliss-reactive ketones (excluding diaryl/α,β-unsaturated/α-hetero) is 1. The molecular weight excluding hydrogens is 212 g/mol. The number of nitrogens with two attached hydrogens (primary N) is 1. The van der Waals surface area contributed by atoms with E-state index >= 15 is 0 Å². The molecule has 0 bridgehead atoms. The SMILES string of the molecule is CC1CCCN(CC(=O)c2ccc(N)cc2)C1. The molecule has 0 aliphatic carbocycles. The van der Waals surface area contributed by atoms with Gasteiger partial charge in [0.2, 0.25) is 0 Å². The highest BCUT2D eigenvalue weighted by atomic mass is 16.1. The molecule has 0 amide bonds. The topological polar surface area (TPSA) is 46.3 Å². The van der Waals surface area contributed by atoms with Crippen LogP contribution < -0.4 is 5.73 Å². The summed E-state index contributed by atoms with van der Waals surface area (Å²) in [6, 6.07) is 7.19. The van der Waals surface area contributed by atoms with Gasteiger partial charge in [0.1, 0.15) is 0 Å². The average Bonchev–Trinajstić information content (AvgIpc) is 2.29. The molecule has 1 heterocycles. The molecule has 1 aromatic rings. The first-order chi connectivity index (χ1) is 8.15. The van der Waals surface area contributed by atoms with Crippen LogP contribution in [0.5, 0.6) is 0 Å². The third-order valence-electron chi connectivity index (χ3n) is 3.34. The van der Waals surface area contributed by atoms with E-state index in [2.05, 4.69) is 11.8 Å². The Balaban J connectivity index is 1.94. The second-order valence-corrected chi connectivity index (χ2v) is 5.03. The fraction of sp³-hybridized carbons (Fsp3) is 0.500. The summed E-state index contributed by atoms with van der Waals surface area (Å²) >= 11 is 0. The molecule has 1 fully saturated rings. The Morgan fingerprint density at radius 3 is 2.76 bits per heavy atom. The summed E-state index contributed by atoms with van der Waals surface area (Å²) in [6.45, 7) is 4.87. The van der Waals surface area contributed by atoms with E-state index in [0.717, 1.165) is 18.7 Å². The van der Waals surface area contributed by atoms with E-state index in [1.165, 1.54) is 12.8 Å². The van der Waals surface area contributed by atoms with Crippen molar-refractivity contribution in [3.05, 3.63) is 29.8 Å². The first kappa shape index (κ1) is 12.1. The van der Waals surface area contributed by atoms with Crippen LogP contribution in [0.4, 0.5) is 5.69 Å². The maximum absolute atomic E-state index is 12.0. The number of piperidine rings is 1. The minimum absolute atomic E-state index is 0.194. The Kier molecular flexibility index (Phi) is 3.79. The highest BCUT2D eigenvalue weighted by molar-refractivity contribution is 5.97. The molecule has 3 nitrogen and oxygen atoms in total. The van der Waals surface area contributed by atoms with Gasteiger partial charge < -0.3 is 5.73 Å². The molecule has 17 heavy (non-hydrogen) atoms. The van der Waals surface area contributed by atoms with Crippen LogP contribution >= 0.6 is 0 Å². The minimum Gasteiger partial charge on any atom is -0.399 e. The van der Waals surface area contributed by atoms with Gasteiger partial charge in [-0.25, -0.2) is 0 Å². The molecule has 1 unspecified atom stereocenters. The van der Waals surface area contributed by atoms with Crippen LogP contribution in [0.25, 0.3) is 0 Å². The van der Waals surface area contributed by atoms with Gasteiger partial charge in [0.25, 0.3) is 0 Å². The van der Waals surface area contributed by atoms with Crippen LogP contribution in [0.3, 0.4) is 0 Å². The van der Waals surface area contributed by atoms with Crippen molar-refractivity contribution in [2.24, 2.45) is 5.92 Å². The van der Waals surface area contributed by atoms with Gasteiger partial charge in [-0.1, -0.05) is 6.92 Å². The van der Waals surface area contributed by atoms with Crippen LogP contribution in [-0.4, -0.2) is 30.3 Å². The van der Waals surface area contributed by atoms with Crippen molar-refractivity contribution in [1.29, 1.82) is 0 Å². The van der Waals surface area contributed by atoms with Crippen molar-refractivity contribution in [1.82, 2.24) is 4.90 Å². The second-order valence-electron chi connectivity index (χ2n) is 5.03. The number of likely N-dealkylation sites (tertiary alicyclic amines) is 1. The van der Waals surface area contributed by atoms with Crippen LogP contribution in [0.1, 0.15) is 30.1 Å². The number of ketones is 1. The normalized spacial score (nSPS) is 21.4. The quantitative estimate of drug-likeness (QED) is 0.642. The number of carbonyl (C=O) groups excluding carboxylic acids is 1. The molecule has 3 heteroatoms. The lowest BCUT2D eigenvalue weighted by atomic mass is 9.99. The largest absolute Gasteiger partial charge is 0.399 e. The Labute approximate surface area is 103 Å². The van der Waals surface area contributed by atoms with Gasteiger partial charge in [0, 0.05) is 17.8 Å². The zero-order chi connectivity index (χ0) is 12.3. The highest BCUT2D eigenvalue weighted by Crippen LogP contribution is 2.16. The number of benzene rings is 1. The number of anilines is 1. The summed E-state index contributed by atoms with van der Waals surface area (Å²) in [5, 5.41) is 0. The fourth-order valence-corrected chi connectivity index (χ4v) is 2.39. The molecule has 1 aromatic carbocycles. The van der Waals surface area contributed by atoms with Gasteiger partial charge >= 0.3 is 0 Å². The maximum Gasteiger partial charge on any atom is 0.176 e. The van der Waals surface area contributed by atoms with Gasteiger partial charge in [-0.05, 0) is 49.6 Å². The summed E-state index contributed by atoms with van der Waals surface area (Å²) in [7, 11) is 0. The molecular formula is C14H20N2O. The first-order valence-electron chi connectivity index (χ1n) is 6.26.